The van der Waals surface area contributed by atoms with E-state index in [0.29, 0.717) is 41.2 Å². The number of esters is 4. The largest absolute Gasteiger partial charge is 0.468 e. The van der Waals surface area contributed by atoms with Crippen LogP contribution in [0.2, 0.25) is 0 Å². The number of hydrogen-bond acceptors (Lipinski definition) is 15. The second kappa shape index (κ2) is 24.8. The maximum Gasteiger partial charge on any atom is 0.347 e. The van der Waals surface area contributed by atoms with Gasteiger partial charge in [-0.15, -0.1) is 0 Å². The molecule has 0 bridgehead atoms. The molecule has 17 nitrogen and oxygen atoms in total. The highest BCUT2D eigenvalue weighted by Crippen LogP contribution is 2.32. The Balaban J connectivity index is 1.73. The molecule has 2 aromatic heterocycles. The average molecular weight is 917 g/mol. The third-order valence-electron chi connectivity index (χ3n) is 10.5. The lowest BCUT2D eigenvalue weighted by Gasteiger charge is -2.41. The monoisotopic (exact) mass is 916 g/mol. The molecule has 0 aliphatic heterocycles. The number of methoxy groups -OCH3 is 1. The van der Waals surface area contributed by atoms with Crippen LogP contribution in [0.15, 0.2) is 109 Å². The Labute approximate surface area is 389 Å². The van der Waals surface area contributed by atoms with Crippen molar-refractivity contribution in [2.45, 2.75) is 65.7 Å². The number of nitro benzene ring substituents is 1. The van der Waals surface area contributed by atoms with E-state index in [1.54, 1.807) is 31.7 Å². The van der Waals surface area contributed by atoms with Crippen LogP contribution in [0.25, 0.3) is 33.6 Å². The van der Waals surface area contributed by atoms with Gasteiger partial charge >= 0.3 is 23.9 Å². The number of aromatic nitrogens is 2. The highest BCUT2D eigenvalue weighted by Gasteiger charge is 2.48. The molecule has 3 aromatic carbocycles. The van der Waals surface area contributed by atoms with E-state index in [1.165, 1.54) is 36.3 Å². The lowest BCUT2D eigenvalue weighted by Crippen LogP contribution is -2.66. The molecule has 1 N–H and O–H groups in total. The summed E-state index contributed by atoms with van der Waals surface area (Å²) >= 11 is 0. The number of unbranched alkanes of at least 4 members (excludes halogenated alkanes) is 1. The smallest absolute Gasteiger partial charge is 0.347 e. The van der Waals surface area contributed by atoms with E-state index in [0.717, 1.165) is 16.7 Å². The first-order chi connectivity index (χ1) is 32.3. The van der Waals surface area contributed by atoms with Crippen LogP contribution in [0.1, 0.15) is 68.7 Å². The van der Waals surface area contributed by atoms with E-state index in [1.807, 2.05) is 85.8 Å². The van der Waals surface area contributed by atoms with Gasteiger partial charge in [0.1, 0.15) is 5.56 Å². The van der Waals surface area contributed by atoms with Crippen molar-refractivity contribution in [3.8, 4) is 33.6 Å². The second-order valence-electron chi connectivity index (χ2n) is 15.3. The maximum absolute atomic E-state index is 14.5. The van der Waals surface area contributed by atoms with E-state index in [-0.39, 0.29) is 58.0 Å². The van der Waals surface area contributed by atoms with Gasteiger partial charge in [-0.25, -0.2) is 14.8 Å². The zero-order valence-electron chi connectivity index (χ0n) is 38.4. The van der Waals surface area contributed by atoms with Gasteiger partial charge in [-0.05, 0) is 86.2 Å². The lowest BCUT2D eigenvalue weighted by molar-refractivity contribution is -0.385. The number of amides is 1. The molecular formula is C50H56N6O11. The first-order valence-corrected chi connectivity index (χ1v) is 22.1. The summed E-state index contributed by atoms with van der Waals surface area (Å²) in [7, 11) is 1.19. The standard InChI is InChI=1S/C50H56N6O11/c1-6-10-25-50(49(61)67-9-4,53-48(60)41-23-17-18-24-44(41)56(62)63)55(34-45(57)64-5)31-40-27-38(36-21-15-12-16-22-36)29-43(52-40)42-28-37(35-19-13-11-14-20-35)26-39(51-42)30-54(32-46(58)65-7-2)33-47(59)66-8-3/h11-24,26-29H,6-10,25,30-34H2,1-5H3,(H,53,60). The topological polar surface area (TPSA) is 210 Å². The third kappa shape index (κ3) is 13.8. The third-order valence-corrected chi connectivity index (χ3v) is 10.5. The van der Waals surface area contributed by atoms with E-state index in [2.05, 4.69) is 5.32 Å². The van der Waals surface area contributed by atoms with Crippen LogP contribution in [-0.4, -0.2) is 107 Å². The fourth-order valence-corrected chi connectivity index (χ4v) is 7.46. The molecule has 1 unspecified atom stereocenters. The summed E-state index contributed by atoms with van der Waals surface area (Å²) in [6.07, 6.45) is 0.858. The molecule has 352 valence electrons. The quantitative estimate of drug-likeness (QED) is 0.0214. The Morgan fingerprint density at radius 1 is 0.642 bits per heavy atom. The van der Waals surface area contributed by atoms with Gasteiger partial charge in [0, 0.05) is 19.2 Å². The Bertz CT molecular complexity index is 2490. The van der Waals surface area contributed by atoms with Crippen LogP contribution in [0, 0.1) is 10.1 Å². The number of carbonyl (C=O) groups excluding carboxylic acids is 5. The number of para-hydroxylation sites is 1. The molecule has 5 rings (SSSR count). The van der Waals surface area contributed by atoms with Gasteiger partial charge in [0.2, 0.25) is 0 Å². The molecule has 2 heterocycles. The molecule has 5 aromatic rings. The van der Waals surface area contributed by atoms with Gasteiger partial charge in [-0.3, -0.25) is 39.1 Å². The zero-order chi connectivity index (χ0) is 48.3. The van der Waals surface area contributed by atoms with Gasteiger partial charge in [-0.2, -0.15) is 0 Å². The van der Waals surface area contributed by atoms with Gasteiger partial charge < -0.3 is 24.3 Å². The number of carbonyl (C=O) groups is 5. The average Bonchev–Trinajstić information content (AvgIpc) is 3.33. The highest BCUT2D eigenvalue weighted by atomic mass is 16.6. The molecule has 0 aliphatic rings. The normalized spacial score (nSPS) is 11.9. The van der Waals surface area contributed by atoms with E-state index >= 15 is 0 Å². The molecule has 67 heavy (non-hydrogen) atoms. The van der Waals surface area contributed by atoms with Crippen LogP contribution < -0.4 is 5.32 Å². The summed E-state index contributed by atoms with van der Waals surface area (Å²) in [5.74, 6) is -3.63. The number of nitrogens with zero attached hydrogens (tertiary/aromatic N) is 5. The minimum Gasteiger partial charge on any atom is -0.468 e. The summed E-state index contributed by atoms with van der Waals surface area (Å²) in [6, 6.07) is 31.7. The number of ether oxygens (including phenoxy) is 4. The van der Waals surface area contributed by atoms with Crippen molar-refractivity contribution in [1.82, 2.24) is 25.1 Å². The molecule has 1 atom stereocenters. The minimum absolute atomic E-state index is 0.0439. The molecule has 0 radical (unpaired) electrons. The van der Waals surface area contributed by atoms with Crippen molar-refractivity contribution in [1.29, 1.82) is 0 Å². The number of nitrogens with one attached hydrogen (secondary N) is 1. The van der Waals surface area contributed by atoms with Crippen LogP contribution in [-0.2, 0) is 51.2 Å². The maximum atomic E-state index is 14.5. The van der Waals surface area contributed by atoms with E-state index in [9.17, 15) is 34.1 Å². The lowest BCUT2D eigenvalue weighted by atomic mass is 9.97. The molecule has 0 spiro atoms. The zero-order valence-corrected chi connectivity index (χ0v) is 38.4. The van der Waals surface area contributed by atoms with Crippen molar-refractivity contribution in [3.63, 3.8) is 0 Å². The highest BCUT2D eigenvalue weighted by molar-refractivity contribution is 6.01. The predicted octanol–water partition coefficient (Wildman–Crippen LogP) is 7.17. The van der Waals surface area contributed by atoms with Crippen molar-refractivity contribution in [3.05, 3.63) is 136 Å². The summed E-state index contributed by atoms with van der Waals surface area (Å²) in [5.41, 5.74) is 1.88. The molecule has 0 aliphatic carbocycles. The second-order valence-corrected chi connectivity index (χ2v) is 15.3. The van der Waals surface area contributed by atoms with Gasteiger partial charge in [-0.1, -0.05) is 86.1 Å². The number of benzene rings is 3. The fraction of sp³-hybridized carbons (Fsp3) is 0.340. The Morgan fingerprint density at radius 2 is 1.15 bits per heavy atom. The molecular weight excluding hydrogens is 861 g/mol. The molecule has 0 saturated carbocycles. The number of pyridine rings is 2. The van der Waals surface area contributed by atoms with Gasteiger partial charge in [0.05, 0.1) is 74.3 Å². The van der Waals surface area contributed by atoms with Crippen LogP contribution >= 0.6 is 0 Å². The number of rotatable bonds is 24. The van der Waals surface area contributed by atoms with Crippen molar-refractivity contribution < 1.29 is 47.8 Å². The number of nitro groups is 1. The molecule has 1 amide bonds. The summed E-state index contributed by atoms with van der Waals surface area (Å²) in [6.45, 7) is 5.94. The first kappa shape index (κ1) is 50.6. The van der Waals surface area contributed by atoms with Gasteiger partial charge in [0.25, 0.3) is 11.6 Å². The summed E-state index contributed by atoms with van der Waals surface area (Å²) in [5, 5.41) is 14.9. The summed E-state index contributed by atoms with van der Waals surface area (Å²) < 4.78 is 21.2. The Kier molecular flexibility index (Phi) is 18.7. The van der Waals surface area contributed by atoms with Crippen LogP contribution in [0.5, 0.6) is 0 Å². The van der Waals surface area contributed by atoms with E-state index < -0.39 is 52.6 Å². The van der Waals surface area contributed by atoms with Crippen LogP contribution in [0.4, 0.5) is 5.69 Å². The van der Waals surface area contributed by atoms with E-state index in [4.69, 9.17) is 28.9 Å². The van der Waals surface area contributed by atoms with Crippen LogP contribution in [0.3, 0.4) is 0 Å². The molecule has 17 heteroatoms. The summed E-state index contributed by atoms with van der Waals surface area (Å²) in [4.78, 5) is 92.2. The van der Waals surface area contributed by atoms with Gasteiger partial charge in [0.15, 0.2) is 5.66 Å². The van der Waals surface area contributed by atoms with Crippen molar-refractivity contribution >= 4 is 35.5 Å². The number of hydrogen-bond donors (Lipinski definition) is 1. The Morgan fingerprint density at radius 3 is 1.64 bits per heavy atom. The molecule has 0 saturated heterocycles. The fourth-order valence-electron chi connectivity index (χ4n) is 7.46. The molecule has 0 fully saturated rings. The minimum atomic E-state index is -2.06. The SMILES string of the molecule is CCCCC(NC(=O)c1ccccc1[N+](=O)[O-])(C(=O)OCC)N(CC(=O)OC)Cc1cc(-c2ccccc2)cc(-c2cc(-c3ccccc3)cc(CN(CC(=O)OCC)CC(=O)OCC)n2)n1. The predicted molar refractivity (Wildman–Crippen MR) is 249 cm³/mol. The van der Waals surface area contributed by atoms with Crippen molar-refractivity contribution in [2.75, 3.05) is 46.6 Å². The Hall–Kier alpha value is -7.37. The first-order valence-electron chi connectivity index (χ1n) is 22.1. The van der Waals surface area contributed by atoms with Crippen molar-refractivity contribution in [2.24, 2.45) is 0 Å².